The van der Waals surface area contributed by atoms with Gasteiger partial charge in [0.25, 0.3) is 0 Å². The molecule has 0 saturated heterocycles. The molecule has 0 atom stereocenters. The van der Waals surface area contributed by atoms with E-state index in [4.69, 9.17) is 0 Å². The third-order valence-electron chi connectivity index (χ3n) is 11.1. The molecule has 0 N–H and O–H groups in total. The minimum Gasteiger partial charge on any atom is -0.308 e. The second-order valence-corrected chi connectivity index (χ2v) is 14.0. The summed E-state index contributed by atoms with van der Waals surface area (Å²) < 4.78 is 6.92. The Morgan fingerprint density at radius 1 is 0.345 bits per heavy atom. The fraction of sp³-hybridized carbons (Fsp3) is 0. The molecule has 0 aliphatic heterocycles. The summed E-state index contributed by atoms with van der Waals surface area (Å²) in [4.78, 5) is 0. The van der Waals surface area contributed by atoms with Gasteiger partial charge in [0, 0.05) is 38.0 Å². The van der Waals surface area contributed by atoms with Crippen LogP contribution in [0.5, 0.6) is 0 Å². The van der Waals surface area contributed by atoms with Crippen molar-refractivity contribution in [2.75, 3.05) is 0 Å². The van der Waals surface area contributed by atoms with Gasteiger partial charge in [0.05, 0.1) is 61.7 Å². The molecular weight excluding hydrogens is 671 g/mol. The number of rotatable bonds is 4. The smallest absolute Gasteiger partial charge is 0.101 e. The molecule has 0 radical (unpaired) electrons. The summed E-state index contributed by atoms with van der Waals surface area (Å²) in [5, 5.41) is 27.0. The highest BCUT2D eigenvalue weighted by molar-refractivity contribution is 6.15. The fourth-order valence-electron chi connectivity index (χ4n) is 8.74. The highest BCUT2D eigenvalue weighted by atomic mass is 15.1. The minimum absolute atomic E-state index is 0.576. The standard InChI is InChI=1S/C50H29N5/c51-30-32-20-26-48-42(28-32)40-13-4-8-18-47(40)54(48)43-27-23-34(29-35(43)31-52)33-21-24-36(25-22-33)53-44-15-5-3-12-39(44)41-14-9-19-49(50(41)53)55-45-16-6-1-10-37(45)38-11-2-7-17-46(38)55/h1-29H. The van der Waals surface area contributed by atoms with Crippen molar-refractivity contribution in [1.82, 2.24) is 13.7 Å². The van der Waals surface area contributed by atoms with E-state index in [0.29, 0.717) is 11.1 Å². The first-order valence-corrected chi connectivity index (χ1v) is 18.3. The van der Waals surface area contributed by atoms with Crippen LogP contribution in [0.15, 0.2) is 176 Å². The fourth-order valence-corrected chi connectivity index (χ4v) is 8.74. The van der Waals surface area contributed by atoms with E-state index >= 15 is 0 Å². The van der Waals surface area contributed by atoms with Crippen molar-refractivity contribution in [2.45, 2.75) is 0 Å². The van der Waals surface area contributed by atoms with E-state index in [1.54, 1.807) is 0 Å². The van der Waals surface area contributed by atoms with Crippen LogP contribution in [0, 0.1) is 22.7 Å². The summed E-state index contributed by atoms with van der Waals surface area (Å²) in [5.41, 5.74) is 12.7. The number of fused-ring (bicyclic) bond motifs is 9. The second-order valence-electron chi connectivity index (χ2n) is 14.0. The molecule has 0 aliphatic rings. The Bertz CT molecular complexity index is 3400. The van der Waals surface area contributed by atoms with Crippen LogP contribution in [0.4, 0.5) is 0 Å². The SMILES string of the molecule is N#Cc1ccc2c(c1)c1ccccc1n2-c1ccc(-c2ccc(-n3c4ccccc4c4cccc(-n5c6ccccc6c6ccccc65)c43)cc2)cc1C#N. The van der Waals surface area contributed by atoms with Gasteiger partial charge in [-0.2, -0.15) is 10.5 Å². The number of aromatic nitrogens is 3. The lowest BCUT2D eigenvalue weighted by Gasteiger charge is -2.15. The minimum atomic E-state index is 0.576. The van der Waals surface area contributed by atoms with Crippen LogP contribution in [0.1, 0.15) is 11.1 Å². The summed E-state index contributed by atoms with van der Waals surface area (Å²) >= 11 is 0. The molecule has 3 heterocycles. The van der Waals surface area contributed by atoms with E-state index in [0.717, 1.165) is 61.0 Å². The molecule has 0 bridgehead atoms. The van der Waals surface area contributed by atoms with Gasteiger partial charge < -0.3 is 13.7 Å². The molecule has 0 fully saturated rings. The van der Waals surface area contributed by atoms with E-state index in [-0.39, 0.29) is 0 Å². The summed E-state index contributed by atoms with van der Waals surface area (Å²) in [7, 11) is 0. The van der Waals surface area contributed by atoms with Gasteiger partial charge in [-0.15, -0.1) is 0 Å². The predicted octanol–water partition coefficient (Wildman–Crippen LogP) is 12.4. The van der Waals surface area contributed by atoms with Gasteiger partial charge in [0.1, 0.15) is 6.07 Å². The van der Waals surface area contributed by atoms with Crippen LogP contribution < -0.4 is 0 Å². The van der Waals surface area contributed by atoms with E-state index in [2.05, 4.69) is 159 Å². The van der Waals surface area contributed by atoms with Crippen molar-refractivity contribution in [3.05, 3.63) is 187 Å². The molecule has 0 spiro atoms. The zero-order chi connectivity index (χ0) is 36.6. The van der Waals surface area contributed by atoms with Crippen LogP contribution in [-0.2, 0) is 0 Å². The lowest BCUT2D eigenvalue weighted by atomic mass is 10.0. The number of nitriles is 2. The van der Waals surface area contributed by atoms with Gasteiger partial charge in [-0.05, 0) is 83.9 Å². The molecule has 55 heavy (non-hydrogen) atoms. The molecule has 254 valence electrons. The molecule has 3 aromatic heterocycles. The second kappa shape index (κ2) is 11.8. The highest BCUT2D eigenvalue weighted by Crippen LogP contribution is 2.40. The van der Waals surface area contributed by atoms with Crippen molar-refractivity contribution < 1.29 is 0 Å². The number of hydrogen-bond acceptors (Lipinski definition) is 2. The Balaban J connectivity index is 1.07. The molecule has 11 aromatic rings. The van der Waals surface area contributed by atoms with Crippen LogP contribution in [0.3, 0.4) is 0 Å². The normalized spacial score (nSPS) is 11.6. The van der Waals surface area contributed by atoms with Crippen LogP contribution in [0.2, 0.25) is 0 Å². The Labute approximate surface area is 316 Å². The first-order valence-electron chi connectivity index (χ1n) is 18.3. The van der Waals surface area contributed by atoms with E-state index in [1.807, 2.05) is 42.5 Å². The van der Waals surface area contributed by atoms with Gasteiger partial charge in [-0.1, -0.05) is 103 Å². The average Bonchev–Trinajstić information content (AvgIpc) is 3.89. The Morgan fingerprint density at radius 2 is 0.855 bits per heavy atom. The summed E-state index contributed by atoms with van der Waals surface area (Å²) in [6.07, 6.45) is 0. The van der Waals surface area contributed by atoms with Crippen LogP contribution >= 0.6 is 0 Å². The maximum atomic E-state index is 10.5. The number of benzene rings is 8. The monoisotopic (exact) mass is 699 g/mol. The van der Waals surface area contributed by atoms with Crippen molar-refractivity contribution in [3.63, 3.8) is 0 Å². The predicted molar refractivity (Wildman–Crippen MR) is 224 cm³/mol. The lowest BCUT2D eigenvalue weighted by Crippen LogP contribution is -2.00. The molecular formula is C50H29N5. The zero-order valence-corrected chi connectivity index (χ0v) is 29.5. The molecule has 5 heteroatoms. The lowest BCUT2D eigenvalue weighted by molar-refractivity contribution is 1.13. The van der Waals surface area contributed by atoms with Gasteiger partial charge >= 0.3 is 0 Å². The third-order valence-corrected chi connectivity index (χ3v) is 11.1. The van der Waals surface area contributed by atoms with E-state index in [9.17, 15) is 10.5 Å². The zero-order valence-electron chi connectivity index (χ0n) is 29.5. The number of nitrogens with zero attached hydrogens (tertiary/aromatic N) is 5. The molecule has 0 unspecified atom stereocenters. The maximum absolute atomic E-state index is 10.5. The number of hydrogen-bond donors (Lipinski definition) is 0. The first-order chi connectivity index (χ1) is 27.2. The molecule has 11 rings (SSSR count). The Morgan fingerprint density at radius 3 is 1.47 bits per heavy atom. The molecule has 0 amide bonds. The largest absolute Gasteiger partial charge is 0.308 e. The van der Waals surface area contributed by atoms with Gasteiger partial charge in [0.15, 0.2) is 0 Å². The molecule has 5 nitrogen and oxygen atoms in total. The van der Waals surface area contributed by atoms with Crippen molar-refractivity contribution in [2.24, 2.45) is 0 Å². The molecule has 0 aliphatic carbocycles. The third kappa shape index (κ3) is 4.45. The van der Waals surface area contributed by atoms with Gasteiger partial charge in [-0.3, -0.25) is 0 Å². The van der Waals surface area contributed by atoms with Crippen molar-refractivity contribution in [3.8, 4) is 40.3 Å². The summed E-state index contributed by atoms with van der Waals surface area (Å²) in [5.74, 6) is 0. The van der Waals surface area contributed by atoms with Gasteiger partial charge in [0.2, 0.25) is 0 Å². The van der Waals surface area contributed by atoms with E-state index in [1.165, 1.54) is 32.6 Å². The Kier molecular flexibility index (Phi) is 6.61. The summed E-state index contributed by atoms with van der Waals surface area (Å²) in [6.45, 7) is 0. The summed E-state index contributed by atoms with van der Waals surface area (Å²) in [6, 6.07) is 66.0. The van der Waals surface area contributed by atoms with Crippen LogP contribution in [0.25, 0.3) is 93.6 Å². The van der Waals surface area contributed by atoms with Crippen LogP contribution in [-0.4, -0.2) is 13.7 Å². The quantitative estimate of drug-likeness (QED) is 0.184. The molecule has 8 aromatic carbocycles. The Hall–Kier alpha value is -7.86. The average molecular weight is 700 g/mol. The number of para-hydroxylation sites is 5. The highest BCUT2D eigenvalue weighted by Gasteiger charge is 2.20. The first kappa shape index (κ1) is 30.7. The van der Waals surface area contributed by atoms with E-state index < -0.39 is 0 Å². The molecule has 0 saturated carbocycles. The van der Waals surface area contributed by atoms with Crippen molar-refractivity contribution >= 4 is 65.4 Å². The maximum Gasteiger partial charge on any atom is 0.101 e. The van der Waals surface area contributed by atoms with Crippen molar-refractivity contribution in [1.29, 1.82) is 10.5 Å². The topological polar surface area (TPSA) is 62.4 Å². The van der Waals surface area contributed by atoms with Gasteiger partial charge in [-0.25, -0.2) is 0 Å².